The largest absolute Gasteiger partial charge is 0.319 e. The first-order chi connectivity index (χ1) is 2.93. The Morgan fingerprint density at radius 3 is 2.50 bits per heavy atom. The zero-order chi connectivity index (χ0) is 4.41. The van der Waals surface area contributed by atoms with Crippen LogP contribution in [0.1, 0.15) is 0 Å². The van der Waals surface area contributed by atoms with Gasteiger partial charge in [0.05, 0.1) is 0 Å². The van der Waals surface area contributed by atoms with Crippen LogP contribution < -0.4 is 5.32 Å². The van der Waals surface area contributed by atoms with Gasteiger partial charge >= 0.3 is 0 Å². The van der Waals surface area contributed by atoms with E-state index in [0.29, 0.717) is 0 Å². The highest BCUT2D eigenvalue weighted by atomic mass is 14.8. The molecule has 1 aliphatic rings. The molecule has 0 saturated heterocycles. The van der Waals surface area contributed by atoms with E-state index in [1.54, 1.807) is 0 Å². The first-order valence-electron chi connectivity index (χ1n) is 2.26. The molecule has 34 valence electrons. The van der Waals surface area contributed by atoms with Crippen molar-refractivity contribution in [3.63, 3.8) is 0 Å². The number of hydrogen-bond acceptors (Lipinski definition) is 1. The van der Waals surface area contributed by atoms with Crippen molar-refractivity contribution in [2.45, 2.75) is 0 Å². The standard InChI is InChI=1S/C5H9N/c1-6-4-5-2-3-5/h2-3,5-6H,4H2,1H3. The highest BCUT2D eigenvalue weighted by Crippen LogP contribution is 2.12. The van der Waals surface area contributed by atoms with Crippen LogP contribution in [0.3, 0.4) is 0 Å². The Morgan fingerprint density at radius 1 is 1.67 bits per heavy atom. The molecule has 1 aliphatic carbocycles. The average molecular weight is 83.1 g/mol. The number of rotatable bonds is 2. The molecule has 0 radical (unpaired) electrons. The Labute approximate surface area is 38.1 Å². The fourth-order valence-corrected chi connectivity index (χ4v) is 0.450. The summed E-state index contributed by atoms with van der Waals surface area (Å²) in [7, 11) is 1.97. The van der Waals surface area contributed by atoms with Gasteiger partial charge in [-0.2, -0.15) is 0 Å². The van der Waals surface area contributed by atoms with Gasteiger partial charge in [0.15, 0.2) is 0 Å². The molecule has 1 rings (SSSR count). The first-order valence-corrected chi connectivity index (χ1v) is 2.26. The minimum Gasteiger partial charge on any atom is -0.319 e. The van der Waals surface area contributed by atoms with Gasteiger partial charge in [0.2, 0.25) is 0 Å². The van der Waals surface area contributed by atoms with Crippen molar-refractivity contribution in [3.05, 3.63) is 12.2 Å². The van der Waals surface area contributed by atoms with Gasteiger partial charge in [-0.15, -0.1) is 0 Å². The Kier molecular flexibility index (Phi) is 0.926. The lowest BCUT2D eigenvalue weighted by molar-refractivity contribution is 0.756. The van der Waals surface area contributed by atoms with Gasteiger partial charge in [-0.25, -0.2) is 0 Å². The molecule has 0 saturated carbocycles. The molecule has 0 heterocycles. The van der Waals surface area contributed by atoms with E-state index in [4.69, 9.17) is 0 Å². The molecule has 0 spiro atoms. The molecule has 0 unspecified atom stereocenters. The van der Waals surface area contributed by atoms with Crippen LogP contribution in [0.5, 0.6) is 0 Å². The van der Waals surface area contributed by atoms with E-state index in [-0.39, 0.29) is 0 Å². The molecule has 0 fully saturated rings. The molecule has 0 aliphatic heterocycles. The molecule has 0 amide bonds. The quantitative estimate of drug-likeness (QED) is 0.476. The van der Waals surface area contributed by atoms with E-state index in [9.17, 15) is 0 Å². The van der Waals surface area contributed by atoms with Crippen LogP contribution in [0.15, 0.2) is 12.2 Å². The molecule has 0 aromatic carbocycles. The third-order valence-corrected chi connectivity index (χ3v) is 0.904. The lowest BCUT2D eigenvalue weighted by Crippen LogP contribution is -2.09. The van der Waals surface area contributed by atoms with Gasteiger partial charge in [0.25, 0.3) is 0 Å². The van der Waals surface area contributed by atoms with Crippen molar-refractivity contribution < 1.29 is 0 Å². The summed E-state index contributed by atoms with van der Waals surface area (Å²) in [6, 6.07) is 0. The molecule has 6 heavy (non-hydrogen) atoms. The lowest BCUT2D eigenvalue weighted by atomic mass is 10.4. The summed E-state index contributed by atoms with van der Waals surface area (Å²) < 4.78 is 0. The second-order valence-electron chi connectivity index (χ2n) is 1.61. The average Bonchev–Trinajstić information content (AvgIpc) is 2.21. The van der Waals surface area contributed by atoms with Crippen LogP contribution in [0.4, 0.5) is 0 Å². The minimum atomic E-state index is 0.787. The van der Waals surface area contributed by atoms with E-state index in [1.165, 1.54) is 0 Å². The number of nitrogens with one attached hydrogen (secondary N) is 1. The van der Waals surface area contributed by atoms with Crippen molar-refractivity contribution in [2.75, 3.05) is 13.6 Å². The molecule has 0 aromatic heterocycles. The van der Waals surface area contributed by atoms with Crippen LogP contribution in [0.2, 0.25) is 0 Å². The summed E-state index contributed by atoms with van der Waals surface area (Å²) >= 11 is 0. The second kappa shape index (κ2) is 1.43. The molecule has 1 nitrogen and oxygen atoms in total. The van der Waals surface area contributed by atoms with Gasteiger partial charge in [0, 0.05) is 12.5 Å². The topological polar surface area (TPSA) is 12.0 Å². The molecular formula is C5H9N. The summed E-state index contributed by atoms with van der Waals surface area (Å²) in [6.45, 7) is 1.12. The summed E-state index contributed by atoms with van der Waals surface area (Å²) in [5, 5.41) is 3.07. The van der Waals surface area contributed by atoms with E-state index >= 15 is 0 Å². The van der Waals surface area contributed by atoms with Gasteiger partial charge in [-0.05, 0) is 7.05 Å². The summed E-state index contributed by atoms with van der Waals surface area (Å²) in [5.41, 5.74) is 0. The van der Waals surface area contributed by atoms with E-state index in [0.717, 1.165) is 12.5 Å². The fourth-order valence-electron chi connectivity index (χ4n) is 0.450. The van der Waals surface area contributed by atoms with Crippen LogP contribution in [0, 0.1) is 5.92 Å². The first kappa shape index (κ1) is 3.88. The predicted octanol–water partition coefficient (Wildman–Crippen LogP) is 0.392. The highest BCUT2D eigenvalue weighted by Gasteiger charge is 2.06. The van der Waals surface area contributed by atoms with Gasteiger partial charge in [0.1, 0.15) is 0 Å². The zero-order valence-electron chi connectivity index (χ0n) is 3.94. The maximum Gasteiger partial charge on any atom is 0.00720 e. The lowest BCUT2D eigenvalue weighted by Gasteiger charge is -1.88. The Hall–Kier alpha value is -0.300. The van der Waals surface area contributed by atoms with Gasteiger partial charge in [-0.1, -0.05) is 12.2 Å². The monoisotopic (exact) mass is 83.1 g/mol. The Morgan fingerprint density at radius 2 is 2.33 bits per heavy atom. The molecule has 1 heteroatoms. The third-order valence-electron chi connectivity index (χ3n) is 0.904. The van der Waals surface area contributed by atoms with Crippen LogP contribution in [0.25, 0.3) is 0 Å². The third kappa shape index (κ3) is 0.830. The van der Waals surface area contributed by atoms with Crippen LogP contribution in [-0.4, -0.2) is 13.6 Å². The SMILES string of the molecule is CNCC1C=C1. The molecular weight excluding hydrogens is 74.1 g/mol. The van der Waals surface area contributed by atoms with Crippen molar-refractivity contribution in [1.29, 1.82) is 0 Å². The molecule has 0 aromatic rings. The normalized spacial score (nSPS) is 18.8. The Bertz CT molecular complexity index is 60.3. The molecule has 1 N–H and O–H groups in total. The van der Waals surface area contributed by atoms with Crippen molar-refractivity contribution in [3.8, 4) is 0 Å². The van der Waals surface area contributed by atoms with Crippen LogP contribution in [-0.2, 0) is 0 Å². The van der Waals surface area contributed by atoms with Crippen molar-refractivity contribution in [1.82, 2.24) is 5.32 Å². The second-order valence-corrected chi connectivity index (χ2v) is 1.61. The molecule has 0 atom stereocenters. The van der Waals surface area contributed by atoms with Crippen molar-refractivity contribution >= 4 is 0 Å². The van der Waals surface area contributed by atoms with Gasteiger partial charge < -0.3 is 5.32 Å². The van der Waals surface area contributed by atoms with E-state index in [2.05, 4.69) is 17.5 Å². The smallest absolute Gasteiger partial charge is 0.00720 e. The minimum absolute atomic E-state index is 0.787. The maximum atomic E-state index is 3.07. The van der Waals surface area contributed by atoms with Crippen LogP contribution >= 0.6 is 0 Å². The molecule has 0 bridgehead atoms. The highest BCUT2D eigenvalue weighted by molar-refractivity contribution is 5.13. The van der Waals surface area contributed by atoms with E-state index in [1.807, 2.05) is 7.05 Å². The predicted molar refractivity (Wildman–Crippen MR) is 26.6 cm³/mol. The van der Waals surface area contributed by atoms with Crippen molar-refractivity contribution in [2.24, 2.45) is 5.92 Å². The van der Waals surface area contributed by atoms with Gasteiger partial charge in [-0.3, -0.25) is 0 Å². The summed E-state index contributed by atoms with van der Waals surface area (Å²) in [4.78, 5) is 0. The Balaban J connectivity index is 1.90. The summed E-state index contributed by atoms with van der Waals surface area (Å²) in [6.07, 6.45) is 4.38. The zero-order valence-corrected chi connectivity index (χ0v) is 3.94. The van der Waals surface area contributed by atoms with E-state index < -0.39 is 0 Å². The fraction of sp³-hybridized carbons (Fsp3) is 0.600. The number of hydrogen-bond donors (Lipinski definition) is 1. The summed E-state index contributed by atoms with van der Waals surface area (Å²) in [5.74, 6) is 0.787. The maximum absolute atomic E-state index is 3.07.